The van der Waals surface area contributed by atoms with E-state index in [1.807, 2.05) is 6.92 Å². The predicted octanol–water partition coefficient (Wildman–Crippen LogP) is 0.690. The Morgan fingerprint density at radius 2 is 2.06 bits per heavy atom. The van der Waals surface area contributed by atoms with Gasteiger partial charge in [0, 0.05) is 12.5 Å². The SMILES string of the molecule is CCN(CC)CCCNCC(C)C(N)=NO. The summed E-state index contributed by atoms with van der Waals surface area (Å²) in [5, 5.41) is 14.8. The van der Waals surface area contributed by atoms with Gasteiger partial charge in [-0.15, -0.1) is 0 Å². The number of rotatable bonds is 9. The lowest BCUT2D eigenvalue weighted by Crippen LogP contribution is -2.33. The van der Waals surface area contributed by atoms with Crippen LogP contribution in [0.5, 0.6) is 0 Å². The van der Waals surface area contributed by atoms with Gasteiger partial charge in [0.05, 0.1) is 0 Å². The van der Waals surface area contributed by atoms with Crippen LogP contribution in [0, 0.1) is 5.92 Å². The van der Waals surface area contributed by atoms with Gasteiger partial charge in [-0.1, -0.05) is 25.9 Å². The van der Waals surface area contributed by atoms with Crippen molar-refractivity contribution in [3.8, 4) is 0 Å². The summed E-state index contributed by atoms with van der Waals surface area (Å²) in [7, 11) is 0. The highest BCUT2D eigenvalue weighted by molar-refractivity contribution is 5.82. The van der Waals surface area contributed by atoms with E-state index in [9.17, 15) is 0 Å². The monoisotopic (exact) mass is 230 g/mol. The average Bonchev–Trinajstić information content (AvgIpc) is 2.32. The molecular weight excluding hydrogens is 204 g/mol. The van der Waals surface area contributed by atoms with Crippen LogP contribution >= 0.6 is 0 Å². The summed E-state index contributed by atoms with van der Waals surface area (Å²) in [6.45, 7) is 11.4. The zero-order valence-corrected chi connectivity index (χ0v) is 10.7. The largest absolute Gasteiger partial charge is 0.409 e. The number of amidine groups is 1. The van der Waals surface area contributed by atoms with Crippen LogP contribution in [-0.4, -0.2) is 48.7 Å². The van der Waals surface area contributed by atoms with Crippen LogP contribution in [-0.2, 0) is 0 Å². The molecule has 0 aliphatic carbocycles. The van der Waals surface area contributed by atoms with Crippen molar-refractivity contribution in [2.45, 2.75) is 27.2 Å². The first-order chi connectivity index (χ1) is 7.65. The Bertz CT molecular complexity index is 192. The second-order valence-corrected chi connectivity index (χ2v) is 4.01. The molecule has 4 N–H and O–H groups in total. The van der Waals surface area contributed by atoms with Crippen LogP contribution in [0.2, 0.25) is 0 Å². The molecule has 0 saturated carbocycles. The molecule has 0 heterocycles. The first kappa shape index (κ1) is 15.2. The van der Waals surface area contributed by atoms with E-state index < -0.39 is 0 Å². The molecule has 0 saturated heterocycles. The van der Waals surface area contributed by atoms with Crippen LogP contribution in [0.25, 0.3) is 0 Å². The molecule has 0 radical (unpaired) electrons. The van der Waals surface area contributed by atoms with Crippen LogP contribution in [0.4, 0.5) is 0 Å². The van der Waals surface area contributed by atoms with Crippen molar-refractivity contribution in [3.05, 3.63) is 0 Å². The molecule has 0 bridgehead atoms. The molecule has 5 nitrogen and oxygen atoms in total. The topological polar surface area (TPSA) is 73.9 Å². The van der Waals surface area contributed by atoms with E-state index in [0.717, 1.165) is 39.1 Å². The average molecular weight is 230 g/mol. The fourth-order valence-electron chi connectivity index (χ4n) is 1.49. The van der Waals surface area contributed by atoms with Gasteiger partial charge in [0.15, 0.2) is 0 Å². The Balaban J connectivity index is 3.46. The molecule has 0 aromatic rings. The Hall–Kier alpha value is -0.810. The van der Waals surface area contributed by atoms with Crippen molar-refractivity contribution in [2.75, 3.05) is 32.7 Å². The van der Waals surface area contributed by atoms with Gasteiger partial charge in [0.2, 0.25) is 0 Å². The molecule has 1 atom stereocenters. The van der Waals surface area contributed by atoms with Gasteiger partial charge < -0.3 is 21.2 Å². The highest BCUT2D eigenvalue weighted by Gasteiger charge is 2.06. The number of nitrogens with one attached hydrogen (secondary N) is 1. The summed E-state index contributed by atoms with van der Waals surface area (Å²) in [4.78, 5) is 2.40. The minimum atomic E-state index is 0.0819. The maximum absolute atomic E-state index is 8.47. The summed E-state index contributed by atoms with van der Waals surface area (Å²) in [6.07, 6.45) is 1.13. The fourth-order valence-corrected chi connectivity index (χ4v) is 1.49. The van der Waals surface area contributed by atoms with Crippen LogP contribution in [0.1, 0.15) is 27.2 Å². The zero-order chi connectivity index (χ0) is 12.4. The van der Waals surface area contributed by atoms with E-state index in [2.05, 4.69) is 29.2 Å². The van der Waals surface area contributed by atoms with Gasteiger partial charge >= 0.3 is 0 Å². The van der Waals surface area contributed by atoms with Gasteiger partial charge in [0.25, 0.3) is 0 Å². The highest BCUT2D eigenvalue weighted by atomic mass is 16.4. The summed E-state index contributed by atoms with van der Waals surface area (Å²) in [5.41, 5.74) is 5.47. The number of nitrogens with zero attached hydrogens (tertiary/aromatic N) is 2. The molecule has 16 heavy (non-hydrogen) atoms. The molecule has 0 fully saturated rings. The van der Waals surface area contributed by atoms with Gasteiger partial charge in [-0.3, -0.25) is 0 Å². The Morgan fingerprint density at radius 1 is 1.44 bits per heavy atom. The lowest BCUT2D eigenvalue weighted by atomic mass is 10.1. The quantitative estimate of drug-likeness (QED) is 0.179. The minimum absolute atomic E-state index is 0.0819. The number of hydrogen-bond acceptors (Lipinski definition) is 4. The molecular formula is C11H26N4O. The van der Waals surface area contributed by atoms with E-state index in [-0.39, 0.29) is 11.8 Å². The first-order valence-corrected chi connectivity index (χ1v) is 6.06. The third-order valence-corrected chi connectivity index (χ3v) is 2.79. The molecule has 0 rings (SSSR count). The second-order valence-electron chi connectivity index (χ2n) is 4.01. The maximum atomic E-state index is 8.47. The normalized spacial score (nSPS) is 14.4. The Labute approximate surface area is 98.7 Å². The smallest absolute Gasteiger partial charge is 0.143 e. The maximum Gasteiger partial charge on any atom is 0.143 e. The van der Waals surface area contributed by atoms with Crippen molar-refractivity contribution in [2.24, 2.45) is 16.8 Å². The molecule has 96 valence electrons. The molecule has 0 aromatic carbocycles. The van der Waals surface area contributed by atoms with Gasteiger partial charge in [-0.2, -0.15) is 0 Å². The molecule has 0 aliphatic rings. The fraction of sp³-hybridized carbons (Fsp3) is 0.909. The van der Waals surface area contributed by atoms with E-state index in [4.69, 9.17) is 10.9 Å². The van der Waals surface area contributed by atoms with Crippen LogP contribution in [0.15, 0.2) is 5.16 Å². The van der Waals surface area contributed by atoms with Crippen LogP contribution in [0.3, 0.4) is 0 Å². The molecule has 0 amide bonds. The van der Waals surface area contributed by atoms with Crippen molar-refractivity contribution in [3.63, 3.8) is 0 Å². The highest BCUT2D eigenvalue weighted by Crippen LogP contribution is 1.93. The summed E-state index contributed by atoms with van der Waals surface area (Å²) in [5.74, 6) is 0.370. The van der Waals surface area contributed by atoms with Crippen molar-refractivity contribution in [1.82, 2.24) is 10.2 Å². The predicted molar refractivity (Wildman–Crippen MR) is 67.8 cm³/mol. The standard InChI is InChI=1S/C11H26N4O/c1-4-15(5-2)8-6-7-13-9-10(3)11(12)14-16/h10,13,16H,4-9H2,1-3H3,(H2,12,14). The molecule has 1 unspecified atom stereocenters. The third-order valence-electron chi connectivity index (χ3n) is 2.79. The van der Waals surface area contributed by atoms with Crippen LogP contribution < -0.4 is 11.1 Å². The summed E-state index contributed by atoms with van der Waals surface area (Å²) < 4.78 is 0. The number of oxime groups is 1. The Kier molecular flexibility index (Phi) is 8.94. The van der Waals surface area contributed by atoms with Gasteiger partial charge in [0.1, 0.15) is 5.84 Å². The molecule has 5 heteroatoms. The van der Waals surface area contributed by atoms with E-state index >= 15 is 0 Å². The molecule has 0 aromatic heterocycles. The minimum Gasteiger partial charge on any atom is -0.409 e. The van der Waals surface area contributed by atoms with Crippen molar-refractivity contribution < 1.29 is 5.21 Å². The summed E-state index contributed by atoms with van der Waals surface area (Å²) in [6, 6.07) is 0. The van der Waals surface area contributed by atoms with Gasteiger partial charge in [-0.05, 0) is 32.6 Å². The number of hydrogen-bond donors (Lipinski definition) is 3. The second kappa shape index (κ2) is 9.42. The lowest BCUT2D eigenvalue weighted by molar-refractivity contribution is 0.297. The summed E-state index contributed by atoms with van der Waals surface area (Å²) >= 11 is 0. The van der Waals surface area contributed by atoms with E-state index in [1.54, 1.807) is 0 Å². The van der Waals surface area contributed by atoms with Crippen molar-refractivity contribution in [1.29, 1.82) is 0 Å². The zero-order valence-electron chi connectivity index (χ0n) is 10.7. The van der Waals surface area contributed by atoms with E-state index in [1.165, 1.54) is 0 Å². The third kappa shape index (κ3) is 6.63. The van der Waals surface area contributed by atoms with Gasteiger partial charge in [-0.25, -0.2) is 0 Å². The molecule has 0 spiro atoms. The van der Waals surface area contributed by atoms with E-state index in [0.29, 0.717) is 0 Å². The molecule has 0 aliphatic heterocycles. The number of nitrogens with two attached hydrogens (primary N) is 1. The Morgan fingerprint density at radius 3 is 2.56 bits per heavy atom. The first-order valence-electron chi connectivity index (χ1n) is 6.06. The van der Waals surface area contributed by atoms with Crippen molar-refractivity contribution >= 4 is 5.84 Å². The lowest BCUT2D eigenvalue weighted by Gasteiger charge is -2.18.